The van der Waals surface area contributed by atoms with Crippen molar-refractivity contribution < 1.29 is 23.9 Å². The molecule has 0 aromatic heterocycles. The molecule has 1 saturated heterocycles. The predicted octanol–water partition coefficient (Wildman–Crippen LogP) is 3.56. The van der Waals surface area contributed by atoms with E-state index in [1.165, 1.54) is 4.90 Å². The summed E-state index contributed by atoms with van der Waals surface area (Å²) >= 11 is 3.50. The highest BCUT2D eigenvalue weighted by Crippen LogP contribution is 2.30. The molecule has 0 spiro atoms. The Kier molecular flexibility index (Phi) is 8.67. The van der Waals surface area contributed by atoms with Crippen molar-refractivity contribution in [3.05, 3.63) is 53.0 Å². The molecule has 0 bridgehead atoms. The van der Waals surface area contributed by atoms with E-state index in [2.05, 4.69) is 21.2 Å². The average molecular weight is 503 g/mol. The maximum absolute atomic E-state index is 12.8. The van der Waals surface area contributed by atoms with Gasteiger partial charge in [0.25, 0.3) is 5.91 Å². The lowest BCUT2D eigenvalue weighted by atomic mass is 10.1. The van der Waals surface area contributed by atoms with E-state index in [-0.39, 0.29) is 24.8 Å². The van der Waals surface area contributed by atoms with E-state index in [4.69, 9.17) is 9.47 Å². The molecule has 0 saturated carbocycles. The summed E-state index contributed by atoms with van der Waals surface area (Å²) in [6.07, 6.45) is 1.49. The van der Waals surface area contributed by atoms with Crippen LogP contribution in [0, 0.1) is 0 Å². The number of hydrogen-bond acceptors (Lipinski definition) is 5. The van der Waals surface area contributed by atoms with Gasteiger partial charge in [-0.2, -0.15) is 0 Å². The van der Waals surface area contributed by atoms with Crippen LogP contribution in [0.4, 0.5) is 0 Å². The van der Waals surface area contributed by atoms with E-state index in [1.54, 1.807) is 6.07 Å². The van der Waals surface area contributed by atoms with Crippen molar-refractivity contribution in [1.29, 1.82) is 0 Å². The summed E-state index contributed by atoms with van der Waals surface area (Å²) in [5.41, 5.74) is 2.09. The molecule has 2 amide bonds. The van der Waals surface area contributed by atoms with Crippen LogP contribution in [0.1, 0.15) is 26.2 Å². The zero-order valence-corrected chi connectivity index (χ0v) is 19.6. The van der Waals surface area contributed by atoms with Crippen LogP contribution in [0.25, 0.3) is 11.1 Å². The number of carbonyl (C=O) groups excluding carboxylic acids is 3. The van der Waals surface area contributed by atoms with Gasteiger partial charge in [0.05, 0.1) is 17.5 Å². The Morgan fingerprint density at radius 3 is 2.66 bits per heavy atom. The number of amides is 2. The van der Waals surface area contributed by atoms with E-state index in [0.717, 1.165) is 28.4 Å². The van der Waals surface area contributed by atoms with Crippen molar-refractivity contribution in [1.82, 2.24) is 10.2 Å². The fourth-order valence-corrected chi connectivity index (χ4v) is 3.91. The second-order valence-corrected chi connectivity index (χ2v) is 8.33. The minimum Gasteiger partial charge on any atom is -0.483 e. The lowest BCUT2D eigenvalue weighted by Crippen LogP contribution is -2.58. The molecule has 2 aromatic carbocycles. The number of nitrogens with zero attached hydrogens (tertiary/aromatic N) is 1. The van der Waals surface area contributed by atoms with Crippen molar-refractivity contribution in [2.75, 3.05) is 26.3 Å². The fraction of sp³-hybridized carbons (Fsp3) is 0.375. The Bertz CT molecular complexity index is 951. The number of benzene rings is 2. The summed E-state index contributed by atoms with van der Waals surface area (Å²) in [6.45, 7) is 2.72. The molecule has 1 aliphatic rings. The molecule has 1 fully saturated rings. The highest BCUT2D eigenvalue weighted by molar-refractivity contribution is 9.10. The highest BCUT2D eigenvalue weighted by Gasteiger charge is 2.35. The number of ether oxygens (including phenoxy) is 2. The third kappa shape index (κ3) is 6.32. The number of hydrogen-bond donors (Lipinski definition) is 1. The standard InChI is InChI=1S/C24H27BrN2O5/c1-2-3-13-31-23(29)15-20-24(30)26-11-12-27(20)22(28)16-32-21-10-9-18(14-19(21)25)17-7-5-4-6-8-17/h4-10,14,20H,2-3,11-13,15-16H2,1H3,(H,26,30). The third-order valence-corrected chi connectivity index (χ3v) is 5.78. The zero-order chi connectivity index (χ0) is 22.9. The van der Waals surface area contributed by atoms with Crippen LogP contribution in [0.5, 0.6) is 5.75 Å². The van der Waals surface area contributed by atoms with Gasteiger partial charge in [0.2, 0.25) is 5.91 Å². The van der Waals surface area contributed by atoms with Gasteiger partial charge in [-0.15, -0.1) is 0 Å². The van der Waals surface area contributed by atoms with Crippen LogP contribution in [0.3, 0.4) is 0 Å². The molecule has 1 heterocycles. The van der Waals surface area contributed by atoms with Crippen LogP contribution in [0.15, 0.2) is 53.0 Å². The van der Waals surface area contributed by atoms with Crippen LogP contribution in [-0.4, -0.2) is 55.0 Å². The molecular formula is C24H27BrN2O5. The molecule has 2 aromatic rings. The summed E-state index contributed by atoms with van der Waals surface area (Å²) in [5.74, 6) is -0.677. The maximum Gasteiger partial charge on any atom is 0.308 e. The number of piperazine rings is 1. The molecule has 7 nitrogen and oxygen atoms in total. The van der Waals surface area contributed by atoms with Gasteiger partial charge in [0.1, 0.15) is 11.8 Å². The summed E-state index contributed by atoms with van der Waals surface area (Å²) < 4.78 is 11.6. The maximum atomic E-state index is 12.8. The molecule has 170 valence electrons. The SMILES string of the molecule is CCCCOC(=O)CC1C(=O)NCCN1C(=O)COc1ccc(-c2ccccc2)cc1Br. The number of unbranched alkanes of at least 4 members (excludes halogenated alkanes) is 1. The molecular weight excluding hydrogens is 476 g/mol. The van der Waals surface area contributed by atoms with E-state index in [9.17, 15) is 14.4 Å². The Hall–Kier alpha value is -2.87. The fourth-order valence-electron chi connectivity index (χ4n) is 3.41. The lowest BCUT2D eigenvalue weighted by Gasteiger charge is -2.34. The monoisotopic (exact) mass is 502 g/mol. The van der Waals surface area contributed by atoms with Crippen molar-refractivity contribution in [3.63, 3.8) is 0 Å². The van der Waals surface area contributed by atoms with Crippen LogP contribution >= 0.6 is 15.9 Å². The largest absolute Gasteiger partial charge is 0.483 e. The lowest BCUT2D eigenvalue weighted by molar-refractivity contribution is -0.152. The van der Waals surface area contributed by atoms with E-state index < -0.39 is 12.0 Å². The number of carbonyl (C=O) groups is 3. The quantitative estimate of drug-likeness (QED) is 0.418. The molecule has 8 heteroatoms. The van der Waals surface area contributed by atoms with Crippen LogP contribution < -0.4 is 10.1 Å². The van der Waals surface area contributed by atoms with Gasteiger partial charge in [-0.05, 0) is 45.6 Å². The Balaban J connectivity index is 1.61. The van der Waals surface area contributed by atoms with Gasteiger partial charge in [-0.25, -0.2) is 0 Å². The first-order valence-corrected chi connectivity index (χ1v) is 11.5. The average Bonchev–Trinajstić information content (AvgIpc) is 2.80. The van der Waals surface area contributed by atoms with Gasteiger partial charge >= 0.3 is 5.97 Å². The van der Waals surface area contributed by atoms with Crippen LogP contribution in [-0.2, 0) is 19.1 Å². The van der Waals surface area contributed by atoms with Gasteiger partial charge in [0.15, 0.2) is 6.61 Å². The number of rotatable bonds is 9. The normalized spacial score (nSPS) is 15.8. The Morgan fingerprint density at radius 2 is 1.94 bits per heavy atom. The van der Waals surface area contributed by atoms with Crippen molar-refractivity contribution in [2.45, 2.75) is 32.2 Å². The van der Waals surface area contributed by atoms with E-state index >= 15 is 0 Å². The van der Waals surface area contributed by atoms with Gasteiger partial charge in [0, 0.05) is 13.1 Å². The van der Waals surface area contributed by atoms with Gasteiger partial charge < -0.3 is 19.7 Å². The first-order chi connectivity index (χ1) is 15.5. The van der Waals surface area contributed by atoms with E-state index in [1.807, 2.05) is 49.4 Å². The Labute approximate surface area is 196 Å². The summed E-state index contributed by atoms with van der Waals surface area (Å²) in [6, 6.07) is 14.7. The summed E-state index contributed by atoms with van der Waals surface area (Å²) in [4.78, 5) is 38.6. The van der Waals surface area contributed by atoms with Gasteiger partial charge in [-0.1, -0.05) is 49.7 Å². The van der Waals surface area contributed by atoms with Gasteiger partial charge in [-0.3, -0.25) is 14.4 Å². The smallest absolute Gasteiger partial charge is 0.308 e. The molecule has 3 rings (SSSR count). The number of halogens is 1. The molecule has 1 N–H and O–H groups in total. The molecule has 32 heavy (non-hydrogen) atoms. The third-order valence-electron chi connectivity index (χ3n) is 5.16. The highest BCUT2D eigenvalue weighted by atomic mass is 79.9. The predicted molar refractivity (Wildman–Crippen MR) is 124 cm³/mol. The van der Waals surface area contributed by atoms with Crippen molar-refractivity contribution in [2.24, 2.45) is 0 Å². The molecule has 0 radical (unpaired) electrons. The molecule has 0 aliphatic carbocycles. The summed E-state index contributed by atoms with van der Waals surface area (Å²) in [5, 5.41) is 2.71. The molecule has 1 unspecified atom stereocenters. The first-order valence-electron chi connectivity index (χ1n) is 10.7. The number of nitrogens with one attached hydrogen (secondary N) is 1. The molecule has 1 atom stereocenters. The topological polar surface area (TPSA) is 84.9 Å². The zero-order valence-electron chi connectivity index (χ0n) is 18.0. The molecule has 1 aliphatic heterocycles. The Morgan fingerprint density at radius 1 is 1.16 bits per heavy atom. The second-order valence-electron chi connectivity index (χ2n) is 7.47. The minimum atomic E-state index is -0.891. The van der Waals surface area contributed by atoms with Crippen LogP contribution in [0.2, 0.25) is 0 Å². The number of esters is 1. The summed E-state index contributed by atoms with van der Waals surface area (Å²) in [7, 11) is 0. The minimum absolute atomic E-state index is 0.170. The van der Waals surface area contributed by atoms with E-state index in [0.29, 0.717) is 25.4 Å². The first kappa shape index (κ1) is 23.8. The second kappa shape index (κ2) is 11.7. The van der Waals surface area contributed by atoms with Crippen molar-refractivity contribution in [3.8, 4) is 16.9 Å². The van der Waals surface area contributed by atoms with Crippen molar-refractivity contribution >= 4 is 33.7 Å².